The number of non-ortho nitro benzene ring substituents is 1. The molecule has 0 spiro atoms. The summed E-state index contributed by atoms with van der Waals surface area (Å²) in [6.45, 7) is -1.02. The number of hydrogen-bond acceptors (Lipinski definition) is 8. The van der Waals surface area contributed by atoms with Gasteiger partial charge in [-0.25, -0.2) is 0 Å². The van der Waals surface area contributed by atoms with Crippen molar-refractivity contribution in [2.45, 2.75) is 6.42 Å². The van der Waals surface area contributed by atoms with E-state index in [0.717, 1.165) is 11.3 Å². The molecule has 0 unspecified atom stereocenters. The van der Waals surface area contributed by atoms with Crippen LogP contribution in [0.4, 0.5) is 5.69 Å². The van der Waals surface area contributed by atoms with Gasteiger partial charge in [0.2, 0.25) is 11.8 Å². The zero-order valence-corrected chi connectivity index (χ0v) is 19.5. The molecule has 7 rings (SSSR count). The number of hydrogen-bond donors (Lipinski definition) is 0. The third-order valence-electron chi connectivity index (χ3n) is 7.87. The van der Waals surface area contributed by atoms with Gasteiger partial charge in [-0.15, -0.1) is 0 Å². The molecule has 4 aliphatic carbocycles. The maximum absolute atomic E-state index is 13.0. The molecular formula is C27H22N2O8. The zero-order valence-electron chi connectivity index (χ0n) is 19.5. The van der Waals surface area contributed by atoms with E-state index in [-0.39, 0.29) is 46.7 Å². The second-order valence-electron chi connectivity index (χ2n) is 9.88. The minimum atomic E-state index is -0.808. The second-order valence-corrected chi connectivity index (χ2v) is 9.88. The SMILES string of the molecule is O=C(CN1C(=O)[C@@H]2[C@H]3C=C[C@@H]([C@@H]4C[C@@H]34)[C@@H]2C1=O)OCC(=O)c1ccc(Oc2ccc([N+](=O)[O-])cc2)cc1. The fraction of sp³-hybridized carbons (Fsp3) is 0.333. The number of allylic oxidation sites excluding steroid dienone is 2. The number of amides is 2. The largest absolute Gasteiger partial charge is 0.457 e. The monoisotopic (exact) mass is 502 g/mol. The molecule has 2 bridgehead atoms. The van der Waals surface area contributed by atoms with Crippen molar-refractivity contribution in [3.05, 3.63) is 76.4 Å². The lowest BCUT2D eigenvalue weighted by atomic mass is 9.63. The maximum atomic E-state index is 13.0. The summed E-state index contributed by atoms with van der Waals surface area (Å²) in [5.41, 5.74) is 0.227. The Balaban J connectivity index is 1.01. The van der Waals surface area contributed by atoms with E-state index in [4.69, 9.17) is 9.47 Å². The Kier molecular flexibility index (Phi) is 5.40. The van der Waals surface area contributed by atoms with Crippen molar-refractivity contribution < 1.29 is 33.6 Å². The Bertz CT molecular complexity index is 1310. The van der Waals surface area contributed by atoms with Crippen LogP contribution in [0.25, 0.3) is 0 Å². The number of carbonyl (C=O) groups excluding carboxylic acids is 4. The summed E-state index contributed by atoms with van der Waals surface area (Å²) in [6, 6.07) is 11.7. The molecule has 0 radical (unpaired) electrons. The predicted octanol–water partition coefficient (Wildman–Crippen LogP) is 3.17. The molecular weight excluding hydrogens is 480 g/mol. The van der Waals surface area contributed by atoms with Crippen LogP contribution in [0, 0.1) is 45.6 Å². The standard InChI is InChI=1S/C27H22N2O8/c30-22(14-1-5-16(6-2-14)37-17-7-3-15(4-8-17)29(34)35)13-36-23(31)12-28-26(32)24-18-9-10-19(21-11-20(18)21)25(24)27(28)33/h1-10,18-21,24-25H,11-13H2/t18-,19-,20-,21-,24-,25+/m0/s1. The highest BCUT2D eigenvalue weighted by Gasteiger charge is 2.67. The highest BCUT2D eigenvalue weighted by Crippen LogP contribution is 2.65. The van der Waals surface area contributed by atoms with E-state index in [1.807, 2.05) is 0 Å². The molecule has 1 aliphatic heterocycles. The van der Waals surface area contributed by atoms with Crippen LogP contribution in [-0.2, 0) is 19.1 Å². The van der Waals surface area contributed by atoms with Crippen molar-refractivity contribution in [3.63, 3.8) is 0 Å². The van der Waals surface area contributed by atoms with Crippen LogP contribution in [-0.4, -0.2) is 46.5 Å². The van der Waals surface area contributed by atoms with E-state index in [2.05, 4.69) is 12.2 Å². The number of ketones is 1. The highest BCUT2D eigenvalue weighted by molar-refractivity contribution is 6.08. The van der Waals surface area contributed by atoms with E-state index in [0.29, 0.717) is 23.3 Å². The van der Waals surface area contributed by atoms with Gasteiger partial charge in [0.25, 0.3) is 5.69 Å². The van der Waals surface area contributed by atoms with Gasteiger partial charge in [0.15, 0.2) is 12.4 Å². The fourth-order valence-electron chi connectivity index (χ4n) is 6.06. The highest BCUT2D eigenvalue weighted by atomic mass is 16.6. The number of Topliss-reactive ketones (excluding diaryl/α,β-unsaturated/α-hetero) is 1. The van der Waals surface area contributed by atoms with Gasteiger partial charge >= 0.3 is 5.97 Å². The maximum Gasteiger partial charge on any atom is 0.326 e. The van der Waals surface area contributed by atoms with E-state index in [9.17, 15) is 29.3 Å². The zero-order chi connectivity index (χ0) is 25.8. The molecule has 2 amide bonds. The van der Waals surface area contributed by atoms with Crippen LogP contribution in [0.5, 0.6) is 11.5 Å². The molecule has 2 aromatic rings. The van der Waals surface area contributed by atoms with Crippen LogP contribution in [0.3, 0.4) is 0 Å². The Morgan fingerprint density at radius 1 is 0.892 bits per heavy atom. The van der Waals surface area contributed by atoms with Gasteiger partial charge in [-0.1, -0.05) is 12.2 Å². The fourth-order valence-corrected chi connectivity index (χ4v) is 6.06. The predicted molar refractivity (Wildman–Crippen MR) is 126 cm³/mol. The van der Waals surface area contributed by atoms with Gasteiger partial charge in [0.05, 0.1) is 16.8 Å². The quantitative estimate of drug-likeness (QED) is 0.134. The number of benzene rings is 2. The van der Waals surface area contributed by atoms with Crippen molar-refractivity contribution in [2.75, 3.05) is 13.2 Å². The van der Waals surface area contributed by atoms with Crippen molar-refractivity contribution in [3.8, 4) is 11.5 Å². The van der Waals surface area contributed by atoms with E-state index < -0.39 is 29.8 Å². The van der Waals surface area contributed by atoms with E-state index >= 15 is 0 Å². The Labute approximate surface area is 211 Å². The van der Waals surface area contributed by atoms with Crippen LogP contribution < -0.4 is 4.74 Å². The topological polar surface area (TPSA) is 133 Å². The number of carbonyl (C=O) groups is 4. The lowest BCUT2D eigenvalue weighted by Gasteiger charge is -2.37. The minimum absolute atomic E-state index is 0.0553. The summed E-state index contributed by atoms with van der Waals surface area (Å²) in [4.78, 5) is 62.1. The molecule has 1 heterocycles. The molecule has 2 aromatic carbocycles. The van der Waals surface area contributed by atoms with Gasteiger partial charge in [-0.2, -0.15) is 0 Å². The Morgan fingerprint density at radius 3 is 1.97 bits per heavy atom. The summed E-state index contributed by atoms with van der Waals surface area (Å²) >= 11 is 0. The number of likely N-dealkylation sites (tertiary alicyclic amines) is 1. The summed E-state index contributed by atoms with van der Waals surface area (Å²) in [7, 11) is 0. The summed E-state index contributed by atoms with van der Waals surface area (Å²) in [5, 5.41) is 10.7. The molecule has 0 aromatic heterocycles. The summed E-state index contributed by atoms with van der Waals surface area (Å²) in [5.74, 6) is -0.744. The second kappa shape index (κ2) is 8.65. The normalized spacial score (nSPS) is 28.5. The number of nitro benzene ring substituents is 1. The molecule has 10 nitrogen and oxygen atoms in total. The first-order chi connectivity index (χ1) is 17.8. The summed E-state index contributed by atoms with van der Waals surface area (Å²) in [6.07, 6.45) is 5.19. The number of nitro groups is 1. The Morgan fingerprint density at radius 2 is 1.43 bits per heavy atom. The first-order valence-corrected chi connectivity index (χ1v) is 12.1. The lowest BCUT2D eigenvalue weighted by Crippen LogP contribution is -2.40. The van der Waals surface area contributed by atoms with Crippen molar-refractivity contribution in [1.82, 2.24) is 4.90 Å². The van der Waals surface area contributed by atoms with Gasteiger partial charge < -0.3 is 9.47 Å². The first kappa shape index (κ1) is 23.1. The molecule has 3 fully saturated rings. The van der Waals surface area contributed by atoms with Crippen LogP contribution in [0.15, 0.2) is 60.7 Å². The Hall–Kier alpha value is -4.34. The van der Waals surface area contributed by atoms with Crippen LogP contribution in [0.1, 0.15) is 16.8 Å². The molecule has 0 N–H and O–H groups in total. The van der Waals surface area contributed by atoms with E-state index in [1.165, 1.54) is 36.4 Å². The van der Waals surface area contributed by atoms with Crippen molar-refractivity contribution in [2.24, 2.45) is 35.5 Å². The molecule has 1 saturated heterocycles. The number of esters is 1. The third-order valence-corrected chi connectivity index (χ3v) is 7.87. The molecule has 5 aliphatic rings. The van der Waals surface area contributed by atoms with Crippen LogP contribution in [0.2, 0.25) is 0 Å². The van der Waals surface area contributed by atoms with Gasteiger partial charge in [0.1, 0.15) is 18.0 Å². The molecule has 188 valence electrons. The molecule has 6 atom stereocenters. The lowest BCUT2D eigenvalue weighted by molar-refractivity contribution is -0.384. The van der Waals surface area contributed by atoms with E-state index in [1.54, 1.807) is 12.1 Å². The minimum Gasteiger partial charge on any atom is -0.457 e. The number of nitrogens with zero attached hydrogens (tertiary/aromatic N) is 2. The third kappa shape index (κ3) is 3.98. The number of ether oxygens (including phenoxy) is 2. The average Bonchev–Trinajstić information content (AvgIpc) is 3.69. The first-order valence-electron chi connectivity index (χ1n) is 12.1. The van der Waals surface area contributed by atoms with Gasteiger partial charge in [-0.3, -0.25) is 34.2 Å². The smallest absolute Gasteiger partial charge is 0.326 e. The van der Waals surface area contributed by atoms with Crippen molar-refractivity contribution >= 4 is 29.3 Å². The molecule has 10 heteroatoms. The van der Waals surface area contributed by atoms with Gasteiger partial charge in [0, 0.05) is 17.7 Å². The average molecular weight is 502 g/mol. The number of rotatable bonds is 8. The molecule has 37 heavy (non-hydrogen) atoms. The molecule has 2 saturated carbocycles. The number of imide groups is 1. The van der Waals surface area contributed by atoms with Gasteiger partial charge in [-0.05, 0) is 66.5 Å². The van der Waals surface area contributed by atoms with Crippen molar-refractivity contribution in [1.29, 1.82) is 0 Å². The summed E-state index contributed by atoms with van der Waals surface area (Å²) < 4.78 is 10.7. The van der Waals surface area contributed by atoms with Crippen LogP contribution >= 0.6 is 0 Å².